The quantitative estimate of drug-likeness (QED) is 0.653. The second-order valence-corrected chi connectivity index (χ2v) is 5.48. The molecule has 0 aliphatic carbocycles. The molecule has 0 fully saturated rings. The summed E-state index contributed by atoms with van der Waals surface area (Å²) in [4.78, 5) is 16.1. The lowest BCUT2D eigenvalue weighted by atomic mass is 10.1. The van der Waals surface area contributed by atoms with Gasteiger partial charge in [0.1, 0.15) is 5.54 Å². The maximum atomic E-state index is 11.7. The van der Waals surface area contributed by atoms with E-state index in [1.54, 1.807) is 18.8 Å². The van der Waals surface area contributed by atoms with E-state index in [9.17, 15) is 4.79 Å². The summed E-state index contributed by atoms with van der Waals surface area (Å²) in [5.41, 5.74) is 1.47. The normalized spacial score (nSPS) is 14.1. The summed E-state index contributed by atoms with van der Waals surface area (Å²) in [6.45, 7) is 5.83. The highest BCUT2D eigenvalue weighted by Crippen LogP contribution is 2.23. The average Bonchev–Trinajstić information content (AvgIpc) is 2.33. The molecule has 1 N–H and O–H groups in total. The van der Waals surface area contributed by atoms with Crippen molar-refractivity contribution in [3.05, 3.63) is 23.4 Å². The van der Waals surface area contributed by atoms with Gasteiger partial charge in [0.25, 0.3) is 0 Å². The van der Waals surface area contributed by atoms with Crippen molar-refractivity contribution in [1.29, 1.82) is 0 Å². The molecule has 1 heterocycles. The maximum Gasteiger partial charge on any atom is 0.326 e. The number of thioether (sulfide) groups is 1. The van der Waals surface area contributed by atoms with Crippen molar-refractivity contribution < 1.29 is 9.53 Å². The molecule has 1 atom stereocenters. The molecule has 1 aromatic heterocycles. The Morgan fingerprint density at radius 1 is 1.50 bits per heavy atom. The lowest BCUT2D eigenvalue weighted by molar-refractivity contribution is -0.146. The van der Waals surface area contributed by atoms with Crippen LogP contribution in [0.5, 0.6) is 0 Å². The maximum absolute atomic E-state index is 11.7. The summed E-state index contributed by atoms with van der Waals surface area (Å²) in [5.74, 6) is 0.313. The number of carbonyl (C=O) groups excluding carboxylic acids is 1. The van der Waals surface area contributed by atoms with Gasteiger partial charge < -0.3 is 10.1 Å². The minimum Gasteiger partial charge on any atom is -0.468 e. The Hall–Kier alpha value is -1.07. The lowest BCUT2D eigenvalue weighted by Gasteiger charge is -2.25. The van der Waals surface area contributed by atoms with E-state index in [0.29, 0.717) is 5.75 Å². The number of nitrogens with zero attached hydrogens (tertiary/aromatic N) is 1. The third-order valence-corrected chi connectivity index (χ3v) is 4.00. The van der Waals surface area contributed by atoms with Gasteiger partial charge in [0, 0.05) is 11.4 Å². The van der Waals surface area contributed by atoms with E-state index < -0.39 is 5.54 Å². The van der Waals surface area contributed by atoms with Crippen LogP contribution in [0.15, 0.2) is 17.2 Å². The number of esters is 1. The third kappa shape index (κ3) is 3.71. The fourth-order valence-corrected chi connectivity index (χ4v) is 2.73. The smallest absolute Gasteiger partial charge is 0.326 e. The Morgan fingerprint density at radius 3 is 2.67 bits per heavy atom. The van der Waals surface area contributed by atoms with E-state index in [1.165, 1.54) is 12.7 Å². The highest BCUT2D eigenvalue weighted by Gasteiger charge is 2.32. The van der Waals surface area contributed by atoms with Crippen LogP contribution in [0.4, 0.5) is 0 Å². The first-order valence-electron chi connectivity index (χ1n) is 5.76. The molecule has 0 radical (unpaired) electrons. The molecular weight excluding hydrogens is 248 g/mol. The molecule has 0 aromatic carbocycles. The van der Waals surface area contributed by atoms with Crippen LogP contribution < -0.4 is 5.32 Å². The van der Waals surface area contributed by atoms with Crippen LogP contribution in [0.1, 0.15) is 18.2 Å². The number of rotatable bonds is 5. The predicted octanol–water partition coefficient (Wildman–Crippen LogP) is 1.94. The molecule has 1 unspecified atom stereocenters. The molecule has 0 aliphatic rings. The molecule has 5 heteroatoms. The second-order valence-electron chi connectivity index (χ2n) is 4.49. The molecule has 1 aromatic rings. The van der Waals surface area contributed by atoms with Crippen LogP contribution >= 0.6 is 11.8 Å². The SMILES string of the molecule is CNC(C)(CSc1cc(C)cc(C)n1)C(=O)OC. The highest BCUT2D eigenvalue weighted by molar-refractivity contribution is 7.99. The van der Waals surface area contributed by atoms with Crippen molar-refractivity contribution >= 4 is 17.7 Å². The van der Waals surface area contributed by atoms with Gasteiger partial charge in [-0.25, -0.2) is 4.98 Å². The fourth-order valence-electron chi connectivity index (χ4n) is 1.55. The Kier molecular flexibility index (Phi) is 5.16. The van der Waals surface area contributed by atoms with Crippen LogP contribution in [-0.4, -0.2) is 36.4 Å². The largest absolute Gasteiger partial charge is 0.468 e. The highest BCUT2D eigenvalue weighted by atomic mass is 32.2. The van der Waals surface area contributed by atoms with Gasteiger partial charge in [-0.05, 0) is 45.5 Å². The standard InChI is InChI=1S/C13H20N2O2S/c1-9-6-10(2)15-11(7-9)18-8-13(3,14-4)12(16)17-5/h6-7,14H,8H2,1-5H3. The summed E-state index contributed by atoms with van der Waals surface area (Å²) < 4.78 is 4.81. The summed E-state index contributed by atoms with van der Waals surface area (Å²) in [7, 11) is 3.16. The number of aryl methyl sites for hydroxylation is 2. The first kappa shape index (κ1) is 15.0. The number of ether oxygens (including phenoxy) is 1. The summed E-state index contributed by atoms with van der Waals surface area (Å²) in [5, 5.41) is 3.93. The Morgan fingerprint density at radius 2 is 2.17 bits per heavy atom. The minimum atomic E-state index is -0.696. The molecule has 0 saturated heterocycles. The third-order valence-electron chi connectivity index (χ3n) is 2.77. The van der Waals surface area contributed by atoms with Crippen molar-refractivity contribution in [1.82, 2.24) is 10.3 Å². The molecule has 1 rings (SSSR count). The van der Waals surface area contributed by atoms with E-state index in [-0.39, 0.29) is 5.97 Å². The van der Waals surface area contributed by atoms with Gasteiger partial charge in [0.15, 0.2) is 0 Å². The molecule has 0 spiro atoms. The van der Waals surface area contributed by atoms with E-state index in [0.717, 1.165) is 10.7 Å². The van der Waals surface area contributed by atoms with Crippen molar-refractivity contribution in [3.63, 3.8) is 0 Å². The van der Waals surface area contributed by atoms with Crippen LogP contribution in [0.2, 0.25) is 0 Å². The average molecular weight is 268 g/mol. The lowest BCUT2D eigenvalue weighted by Crippen LogP contribution is -2.50. The van der Waals surface area contributed by atoms with Crippen molar-refractivity contribution in [2.75, 3.05) is 19.9 Å². The first-order valence-corrected chi connectivity index (χ1v) is 6.75. The summed E-state index contributed by atoms with van der Waals surface area (Å²) in [6.07, 6.45) is 0. The van der Waals surface area contributed by atoms with Gasteiger partial charge in [-0.15, -0.1) is 11.8 Å². The van der Waals surface area contributed by atoms with Crippen LogP contribution in [0, 0.1) is 13.8 Å². The molecule has 0 aliphatic heterocycles. The monoisotopic (exact) mass is 268 g/mol. The van der Waals surface area contributed by atoms with E-state index in [1.807, 2.05) is 32.9 Å². The number of methoxy groups -OCH3 is 1. The van der Waals surface area contributed by atoms with Crippen LogP contribution in [0.3, 0.4) is 0 Å². The van der Waals surface area contributed by atoms with E-state index in [2.05, 4.69) is 10.3 Å². The van der Waals surface area contributed by atoms with Gasteiger partial charge in [0.2, 0.25) is 0 Å². The zero-order valence-electron chi connectivity index (χ0n) is 11.5. The van der Waals surface area contributed by atoms with Gasteiger partial charge in [-0.2, -0.15) is 0 Å². The topological polar surface area (TPSA) is 51.2 Å². The molecular formula is C13H20N2O2S. The summed E-state index contributed by atoms with van der Waals surface area (Å²) in [6, 6.07) is 4.05. The van der Waals surface area contributed by atoms with Crippen molar-refractivity contribution in [2.45, 2.75) is 31.3 Å². The summed E-state index contributed by atoms with van der Waals surface area (Å²) >= 11 is 1.55. The Bertz CT molecular complexity index is 417. The number of pyridine rings is 1. The van der Waals surface area contributed by atoms with Crippen LogP contribution in [-0.2, 0) is 9.53 Å². The van der Waals surface area contributed by atoms with E-state index >= 15 is 0 Å². The number of hydrogen-bond acceptors (Lipinski definition) is 5. The zero-order chi connectivity index (χ0) is 13.8. The Balaban J connectivity index is 2.76. The van der Waals surface area contributed by atoms with Gasteiger partial charge in [-0.1, -0.05) is 0 Å². The number of carbonyl (C=O) groups is 1. The van der Waals surface area contributed by atoms with Gasteiger partial charge >= 0.3 is 5.97 Å². The van der Waals surface area contributed by atoms with Crippen LogP contribution in [0.25, 0.3) is 0 Å². The first-order chi connectivity index (χ1) is 8.41. The molecule has 0 amide bonds. The van der Waals surface area contributed by atoms with Crippen molar-refractivity contribution in [3.8, 4) is 0 Å². The number of hydrogen-bond donors (Lipinski definition) is 1. The molecule has 0 saturated carbocycles. The fraction of sp³-hybridized carbons (Fsp3) is 0.538. The van der Waals surface area contributed by atoms with E-state index in [4.69, 9.17) is 4.74 Å². The minimum absolute atomic E-state index is 0.262. The van der Waals surface area contributed by atoms with Gasteiger partial charge in [-0.3, -0.25) is 4.79 Å². The number of aromatic nitrogens is 1. The number of likely N-dealkylation sites (N-methyl/N-ethyl adjacent to an activating group) is 1. The molecule has 4 nitrogen and oxygen atoms in total. The van der Waals surface area contributed by atoms with Crippen molar-refractivity contribution in [2.24, 2.45) is 0 Å². The zero-order valence-corrected chi connectivity index (χ0v) is 12.4. The predicted molar refractivity (Wildman–Crippen MR) is 73.9 cm³/mol. The molecule has 100 valence electrons. The number of nitrogens with one attached hydrogen (secondary N) is 1. The molecule has 0 bridgehead atoms. The molecule has 18 heavy (non-hydrogen) atoms. The second kappa shape index (κ2) is 6.20. The van der Waals surface area contributed by atoms with Gasteiger partial charge in [0.05, 0.1) is 12.1 Å². The Labute approximate surface area is 113 Å².